The van der Waals surface area contributed by atoms with E-state index in [0.29, 0.717) is 11.4 Å². The molecule has 0 atom stereocenters. The van der Waals surface area contributed by atoms with Crippen LogP contribution in [0.1, 0.15) is 42.6 Å². The number of nitrogens with one attached hydrogen (secondary N) is 1. The fraction of sp³-hybridized carbons (Fsp3) is 0.500. The third-order valence-electron chi connectivity index (χ3n) is 5.05. The molecule has 1 aliphatic rings. The van der Waals surface area contributed by atoms with E-state index in [0.717, 1.165) is 19.6 Å². The van der Waals surface area contributed by atoms with Gasteiger partial charge >= 0.3 is 6.18 Å². The molecule has 158 valence electrons. The highest BCUT2D eigenvalue weighted by Gasteiger charge is 2.37. The number of aryl methyl sites for hydroxylation is 1. The molecule has 29 heavy (non-hydrogen) atoms. The number of carbonyl (C=O) groups excluding carboxylic acids is 1. The molecule has 0 unspecified atom stereocenters. The molecule has 2 aromatic rings. The first-order valence-electron chi connectivity index (χ1n) is 9.65. The predicted molar refractivity (Wildman–Crippen MR) is 108 cm³/mol. The van der Waals surface area contributed by atoms with E-state index in [2.05, 4.69) is 31.2 Å². The van der Waals surface area contributed by atoms with Gasteiger partial charge in [0.25, 0.3) is 0 Å². The highest BCUT2D eigenvalue weighted by molar-refractivity contribution is 9.10. The number of nitrogens with zero attached hydrogens (tertiary/aromatic N) is 3. The third-order valence-corrected chi connectivity index (χ3v) is 5.99. The Bertz CT molecular complexity index is 843. The molecule has 0 aliphatic carbocycles. The smallest absolute Gasteiger partial charge is 0.326 e. The van der Waals surface area contributed by atoms with Crippen LogP contribution in [0.3, 0.4) is 0 Å². The number of anilines is 1. The maximum absolute atomic E-state index is 12.9. The van der Waals surface area contributed by atoms with E-state index < -0.39 is 11.9 Å². The Morgan fingerprint density at radius 3 is 2.41 bits per heavy atom. The first-order chi connectivity index (χ1) is 13.7. The van der Waals surface area contributed by atoms with Gasteiger partial charge < -0.3 is 5.32 Å². The fourth-order valence-electron chi connectivity index (χ4n) is 3.42. The topological polar surface area (TPSA) is 50.2 Å². The van der Waals surface area contributed by atoms with Gasteiger partial charge in [-0.2, -0.15) is 18.3 Å². The molecule has 1 aromatic carbocycles. The number of amides is 1. The van der Waals surface area contributed by atoms with E-state index in [1.54, 1.807) is 0 Å². The number of benzene rings is 1. The zero-order valence-electron chi connectivity index (χ0n) is 16.2. The average Bonchev–Trinajstić information content (AvgIpc) is 2.97. The lowest BCUT2D eigenvalue weighted by atomic mass is 10.1. The highest BCUT2D eigenvalue weighted by Crippen LogP contribution is 2.35. The lowest BCUT2D eigenvalue weighted by molar-refractivity contribution is -0.142. The molecule has 0 spiro atoms. The van der Waals surface area contributed by atoms with E-state index in [-0.39, 0.29) is 23.3 Å². The summed E-state index contributed by atoms with van der Waals surface area (Å²) >= 11 is 2.93. The number of halogens is 4. The van der Waals surface area contributed by atoms with Crippen LogP contribution >= 0.6 is 15.9 Å². The first-order valence-corrected chi connectivity index (χ1v) is 10.4. The van der Waals surface area contributed by atoms with Crippen molar-refractivity contribution in [3.05, 3.63) is 45.7 Å². The quantitative estimate of drug-likeness (QED) is 0.644. The number of hydrogen-bond donors (Lipinski definition) is 1. The lowest BCUT2D eigenvalue weighted by Crippen LogP contribution is -2.29. The van der Waals surface area contributed by atoms with Gasteiger partial charge in [-0.1, -0.05) is 18.6 Å². The second-order valence-corrected chi connectivity index (χ2v) is 8.09. The molecule has 0 radical (unpaired) electrons. The molecule has 0 saturated carbocycles. The molecule has 3 rings (SSSR count). The van der Waals surface area contributed by atoms with Gasteiger partial charge in [0.15, 0.2) is 5.69 Å². The summed E-state index contributed by atoms with van der Waals surface area (Å²) in [7, 11) is 0. The van der Waals surface area contributed by atoms with Gasteiger partial charge in [0.05, 0.1) is 16.7 Å². The van der Waals surface area contributed by atoms with Crippen LogP contribution in [-0.2, 0) is 24.1 Å². The molecule has 1 saturated heterocycles. The van der Waals surface area contributed by atoms with Crippen molar-refractivity contribution in [2.24, 2.45) is 0 Å². The minimum absolute atomic E-state index is 0.0295. The molecule has 1 aromatic heterocycles. The number of carbonyl (C=O) groups is 1. The normalized spacial score (nSPS) is 15.5. The Balaban J connectivity index is 1.52. The second-order valence-electron chi connectivity index (χ2n) is 7.30. The van der Waals surface area contributed by atoms with Crippen molar-refractivity contribution in [2.45, 2.75) is 51.9 Å². The molecule has 1 amide bonds. The summed E-state index contributed by atoms with van der Waals surface area (Å²) in [6, 6.07) is 7.70. The largest absolute Gasteiger partial charge is 0.436 e. The zero-order chi connectivity index (χ0) is 21.0. The van der Waals surface area contributed by atoms with Crippen molar-refractivity contribution in [3.8, 4) is 0 Å². The Labute approximate surface area is 176 Å². The number of piperidine rings is 1. The third kappa shape index (κ3) is 5.82. The van der Waals surface area contributed by atoms with Crippen LogP contribution in [0.2, 0.25) is 0 Å². The van der Waals surface area contributed by atoms with Crippen LogP contribution in [0.4, 0.5) is 18.9 Å². The summed E-state index contributed by atoms with van der Waals surface area (Å²) in [6.07, 6.45) is -0.724. The van der Waals surface area contributed by atoms with Crippen LogP contribution in [-0.4, -0.2) is 33.7 Å². The Kier molecular flexibility index (Phi) is 7.00. The Morgan fingerprint density at radius 1 is 1.17 bits per heavy atom. The maximum Gasteiger partial charge on any atom is 0.436 e. The summed E-state index contributed by atoms with van der Waals surface area (Å²) in [5.74, 6) is -0.270. The van der Waals surface area contributed by atoms with Gasteiger partial charge in [-0.25, -0.2) is 0 Å². The van der Waals surface area contributed by atoms with E-state index >= 15 is 0 Å². The number of rotatable bonds is 6. The molecular formula is C20H24BrF3N4O. The van der Waals surface area contributed by atoms with Gasteiger partial charge in [-0.05, 0) is 66.5 Å². The van der Waals surface area contributed by atoms with E-state index in [1.807, 2.05) is 24.3 Å². The number of likely N-dealkylation sites (tertiary alicyclic amines) is 1. The predicted octanol–water partition coefficient (Wildman–Crippen LogP) is 4.99. The fourth-order valence-corrected chi connectivity index (χ4v) is 3.93. The molecule has 2 heterocycles. The zero-order valence-corrected chi connectivity index (χ0v) is 17.8. The summed E-state index contributed by atoms with van der Waals surface area (Å²) in [5, 5.41) is 6.37. The van der Waals surface area contributed by atoms with E-state index in [4.69, 9.17) is 0 Å². The van der Waals surface area contributed by atoms with Crippen molar-refractivity contribution in [1.82, 2.24) is 14.7 Å². The van der Waals surface area contributed by atoms with Crippen LogP contribution in [0.25, 0.3) is 0 Å². The molecule has 1 aliphatic heterocycles. The van der Waals surface area contributed by atoms with Crippen LogP contribution in [0, 0.1) is 6.92 Å². The molecular weight excluding hydrogens is 449 g/mol. The average molecular weight is 473 g/mol. The van der Waals surface area contributed by atoms with Crippen LogP contribution < -0.4 is 5.32 Å². The first kappa shape index (κ1) is 21.8. The molecule has 1 fully saturated rings. The maximum atomic E-state index is 12.9. The van der Waals surface area contributed by atoms with Crippen molar-refractivity contribution in [1.29, 1.82) is 0 Å². The van der Waals surface area contributed by atoms with Gasteiger partial charge in [-0.15, -0.1) is 0 Å². The number of hydrogen-bond acceptors (Lipinski definition) is 3. The summed E-state index contributed by atoms with van der Waals surface area (Å²) in [6.45, 7) is 4.75. The van der Waals surface area contributed by atoms with Crippen molar-refractivity contribution in [2.75, 3.05) is 18.4 Å². The van der Waals surface area contributed by atoms with Gasteiger partial charge in [0, 0.05) is 18.7 Å². The Morgan fingerprint density at radius 2 is 1.83 bits per heavy atom. The molecule has 1 N–H and O–H groups in total. The second kappa shape index (κ2) is 9.30. The van der Waals surface area contributed by atoms with Crippen molar-refractivity contribution >= 4 is 27.5 Å². The van der Waals surface area contributed by atoms with Crippen LogP contribution in [0.15, 0.2) is 28.7 Å². The SMILES string of the molecule is Cc1c(Br)c(C(F)(F)F)nn1CCC(=O)Nc1ccc(CN2CCCCC2)cc1. The number of aromatic nitrogens is 2. The van der Waals surface area contributed by atoms with E-state index in [9.17, 15) is 18.0 Å². The standard InChI is InChI=1S/C20H24BrF3N4O/c1-14-18(21)19(20(22,23)24)26-28(14)12-9-17(29)25-16-7-5-15(6-8-16)13-27-10-3-2-4-11-27/h5-8H,2-4,9-13H2,1H3,(H,25,29). The van der Waals surface area contributed by atoms with Crippen LogP contribution in [0.5, 0.6) is 0 Å². The van der Waals surface area contributed by atoms with Gasteiger partial charge in [0.2, 0.25) is 5.91 Å². The molecule has 9 heteroatoms. The summed E-state index contributed by atoms with van der Waals surface area (Å²) in [4.78, 5) is 14.6. The van der Waals surface area contributed by atoms with Crippen molar-refractivity contribution < 1.29 is 18.0 Å². The molecule has 5 nitrogen and oxygen atoms in total. The summed E-state index contributed by atoms with van der Waals surface area (Å²) < 4.78 is 39.9. The summed E-state index contributed by atoms with van der Waals surface area (Å²) in [5.41, 5.74) is 1.24. The minimum atomic E-state index is -4.53. The minimum Gasteiger partial charge on any atom is -0.326 e. The monoisotopic (exact) mass is 472 g/mol. The van der Waals surface area contributed by atoms with Gasteiger partial charge in [0.1, 0.15) is 0 Å². The highest BCUT2D eigenvalue weighted by atomic mass is 79.9. The molecule has 0 bridgehead atoms. The van der Waals surface area contributed by atoms with E-state index in [1.165, 1.54) is 36.4 Å². The Hall–Kier alpha value is -1.87. The lowest BCUT2D eigenvalue weighted by Gasteiger charge is -2.26. The van der Waals surface area contributed by atoms with Gasteiger partial charge in [-0.3, -0.25) is 14.4 Å². The number of alkyl halides is 3. The van der Waals surface area contributed by atoms with Crippen molar-refractivity contribution in [3.63, 3.8) is 0 Å².